The van der Waals surface area contributed by atoms with Crippen molar-refractivity contribution in [3.05, 3.63) is 65.4 Å². The number of carbonyl (C=O) groups is 2. The van der Waals surface area contributed by atoms with Gasteiger partial charge in [-0.15, -0.1) is 0 Å². The molecule has 25 heavy (non-hydrogen) atoms. The number of aromatic carboxylic acids is 1. The molecule has 0 bridgehead atoms. The number of carboxylic acids is 1. The van der Waals surface area contributed by atoms with Gasteiger partial charge in [0.2, 0.25) is 5.91 Å². The van der Waals surface area contributed by atoms with E-state index in [0.29, 0.717) is 23.2 Å². The summed E-state index contributed by atoms with van der Waals surface area (Å²) in [7, 11) is 0. The molecule has 1 amide bonds. The van der Waals surface area contributed by atoms with Crippen LogP contribution >= 0.6 is 0 Å². The van der Waals surface area contributed by atoms with E-state index in [9.17, 15) is 19.9 Å². The molecule has 3 aromatic rings. The summed E-state index contributed by atoms with van der Waals surface area (Å²) in [4.78, 5) is 23.6. The Balaban J connectivity index is 1.75. The number of nitrogens with one attached hydrogen (secondary N) is 1. The molecule has 1 heterocycles. The van der Waals surface area contributed by atoms with Gasteiger partial charge in [-0.05, 0) is 36.6 Å². The lowest BCUT2D eigenvalue weighted by molar-refractivity contribution is -0.116. The van der Waals surface area contributed by atoms with Crippen LogP contribution in [0.15, 0.2) is 48.7 Å². The van der Waals surface area contributed by atoms with Crippen molar-refractivity contribution in [3.63, 3.8) is 0 Å². The van der Waals surface area contributed by atoms with Gasteiger partial charge in [-0.1, -0.05) is 30.3 Å². The van der Waals surface area contributed by atoms with Crippen molar-refractivity contribution < 1.29 is 19.9 Å². The summed E-state index contributed by atoms with van der Waals surface area (Å²) in [6.45, 7) is 1.75. The van der Waals surface area contributed by atoms with Gasteiger partial charge in [0.05, 0.1) is 16.8 Å². The third-order valence-electron chi connectivity index (χ3n) is 4.16. The molecule has 3 rings (SSSR count). The molecule has 6 nitrogen and oxygen atoms in total. The molecule has 0 saturated carbocycles. The third-order valence-corrected chi connectivity index (χ3v) is 4.16. The third kappa shape index (κ3) is 3.33. The van der Waals surface area contributed by atoms with E-state index in [1.807, 2.05) is 18.2 Å². The molecule has 0 aliphatic rings. The van der Waals surface area contributed by atoms with Gasteiger partial charge in [0, 0.05) is 18.0 Å². The summed E-state index contributed by atoms with van der Waals surface area (Å²) in [6, 6.07) is 12.2. The highest BCUT2D eigenvalue weighted by molar-refractivity contribution is 6.01. The predicted octanol–water partition coefficient (Wildman–Crippen LogP) is 3.46. The van der Waals surface area contributed by atoms with Crippen molar-refractivity contribution in [1.82, 2.24) is 4.73 Å². The summed E-state index contributed by atoms with van der Waals surface area (Å²) in [5.41, 5.74) is 2.63. The zero-order valence-corrected chi connectivity index (χ0v) is 13.7. The topological polar surface area (TPSA) is 91.6 Å². The smallest absolute Gasteiger partial charge is 0.337 e. The van der Waals surface area contributed by atoms with Gasteiger partial charge in [-0.3, -0.25) is 4.79 Å². The summed E-state index contributed by atoms with van der Waals surface area (Å²) >= 11 is 0. The van der Waals surface area contributed by atoms with Gasteiger partial charge >= 0.3 is 5.97 Å². The largest absolute Gasteiger partial charge is 0.478 e. The van der Waals surface area contributed by atoms with Crippen molar-refractivity contribution in [2.45, 2.75) is 19.8 Å². The van der Waals surface area contributed by atoms with E-state index < -0.39 is 5.97 Å². The molecular formula is C19H18N2O4. The molecule has 0 saturated heterocycles. The van der Waals surface area contributed by atoms with E-state index in [-0.39, 0.29) is 17.9 Å². The Hall–Kier alpha value is -3.28. The van der Waals surface area contributed by atoms with E-state index in [0.717, 1.165) is 15.7 Å². The molecular weight excluding hydrogens is 320 g/mol. The Morgan fingerprint density at radius 1 is 1.12 bits per heavy atom. The molecule has 0 unspecified atom stereocenters. The quantitative estimate of drug-likeness (QED) is 0.621. The number of carboxylic acid groups (broad SMARTS) is 1. The highest BCUT2D eigenvalue weighted by Gasteiger charge is 2.15. The average Bonchev–Trinajstić information content (AvgIpc) is 2.91. The fourth-order valence-corrected chi connectivity index (χ4v) is 2.89. The highest BCUT2D eigenvalue weighted by Crippen LogP contribution is 2.23. The minimum Gasteiger partial charge on any atom is -0.478 e. The van der Waals surface area contributed by atoms with Crippen molar-refractivity contribution in [1.29, 1.82) is 0 Å². The zero-order chi connectivity index (χ0) is 18.0. The Kier molecular flexibility index (Phi) is 4.43. The first kappa shape index (κ1) is 16.6. The number of hydrogen-bond donors (Lipinski definition) is 3. The molecule has 128 valence electrons. The van der Waals surface area contributed by atoms with E-state index in [2.05, 4.69) is 5.32 Å². The Labute approximate surface area is 144 Å². The molecule has 0 spiro atoms. The molecule has 0 atom stereocenters. The van der Waals surface area contributed by atoms with Crippen LogP contribution in [-0.4, -0.2) is 26.9 Å². The standard InChI is InChI=1S/C19H18N2O4/c1-12-5-4-7-15(19(23)24)18(12)20-17(22)10-9-13-11-21(25)16-8-3-2-6-14(13)16/h2-8,11,25H,9-10H2,1H3,(H,20,22)(H,23,24). The van der Waals surface area contributed by atoms with E-state index in [4.69, 9.17) is 0 Å². The maximum atomic E-state index is 12.3. The maximum absolute atomic E-state index is 12.3. The molecule has 0 aliphatic carbocycles. The van der Waals surface area contributed by atoms with Crippen molar-refractivity contribution >= 4 is 28.5 Å². The van der Waals surface area contributed by atoms with Gasteiger partial charge in [0.1, 0.15) is 0 Å². The number of carbonyl (C=O) groups excluding carboxylic acids is 1. The minimum atomic E-state index is -1.08. The van der Waals surface area contributed by atoms with Crippen LogP contribution < -0.4 is 5.32 Å². The number of amides is 1. The second-order valence-electron chi connectivity index (χ2n) is 5.87. The van der Waals surface area contributed by atoms with E-state index >= 15 is 0 Å². The first-order chi connectivity index (χ1) is 12.0. The molecule has 1 aromatic heterocycles. The van der Waals surface area contributed by atoms with Gasteiger partial charge in [0.25, 0.3) is 0 Å². The van der Waals surface area contributed by atoms with Crippen LogP contribution in [0.4, 0.5) is 5.69 Å². The maximum Gasteiger partial charge on any atom is 0.337 e. The van der Waals surface area contributed by atoms with Gasteiger partial charge in [0.15, 0.2) is 0 Å². The number of fused-ring (bicyclic) bond motifs is 1. The van der Waals surface area contributed by atoms with Crippen LogP contribution in [0.3, 0.4) is 0 Å². The molecule has 6 heteroatoms. The van der Waals surface area contributed by atoms with Crippen molar-refractivity contribution in [2.75, 3.05) is 5.32 Å². The Bertz CT molecular complexity index is 959. The number of nitrogens with zero attached hydrogens (tertiary/aromatic N) is 1. The average molecular weight is 338 g/mol. The highest BCUT2D eigenvalue weighted by atomic mass is 16.5. The number of aromatic nitrogens is 1. The molecule has 0 fully saturated rings. The second-order valence-corrected chi connectivity index (χ2v) is 5.87. The van der Waals surface area contributed by atoms with Gasteiger partial charge < -0.3 is 15.6 Å². The van der Waals surface area contributed by atoms with Crippen LogP contribution in [0.25, 0.3) is 10.9 Å². The monoisotopic (exact) mass is 338 g/mol. The number of para-hydroxylation sites is 2. The minimum absolute atomic E-state index is 0.0697. The summed E-state index contributed by atoms with van der Waals surface area (Å²) < 4.78 is 1.05. The SMILES string of the molecule is Cc1cccc(C(=O)O)c1NC(=O)CCc1cn(O)c2ccccc12. The van der Waals surface area contributed by atoms with Crippen LogP contribution in [0.1, 0.15) is 27.9 Å². The lowest BCUT2D eigenvalue weighted by atomic mass is 10.1. The fourth-order valence-electron chi connectivity index (χ4n) is 2.89. The Morgan fingerprint density at radius 2 is 1.88 bits per heavy atom. The predicted molar refractivity (Wildman–Crippen MR) is 94.2 cm³/mol. The lowest BCUT2D eigenvalue weighted by Gasteiger charge is -2.11. The van der Waals surface area contributed by atoms with E-state index in [1.165, 1.54) is 6.07 Å². The normalized spacial score (nSPS) is 10.8. The number of benzene rings is 2. The summed E-state index contributed by atoms with van der Waals surface area (Å²) in [6.07, 6.45) is 2.21. The zero-order valence-electron chi connectivity index (χ0n) is 13.7. The lowest BCUT2D eigenvalue weighted by Crippen LogP contribution is -2.16. The van der Waals surface area contributed by atoms with Crippen LogP contribution in [0, 0.1) is 6.92 Å². The number of rotatable bonds is 5. The number of aryl methyl sites for hydroxylation is 2. The van der Waals surface area contributed by atoms with Crippen LogP contribution in [-0.2, 0) is 11.2 Å². The molecule has 2 aromatic carbocycles. The number of anilines is 1. The van der Waals surface area contributed by atoms with Crippen LogP contribution in [0.2, 0.25) is 0 Å². The first-order valence-electron chi connectivity index (χ1n) is 7.88. The fraction of sp³-hybridized carbons (Fsp3) is 0.158. The van der Waals surface area contributed by atoms with Gasteiger partial charge in [-0.2, -0.15) is 4.73 Å². The van der Waals surface area contributed by atoms with Gasteiger partial charge in [-0.25, -0.2) is 4.79 Å². The summed E-state index contributed by atoms with van der Waals surface area (Å²) in [5.74, 6) is -1.35. The molecule has 0 radical (unpaired) electrons. The first-order valence-corrected chi connectivity index (χ1v) is 7.88. The van der Waals surface area contributed by atoms with Crippen molar-refractivity contribution in [3.8, 4) is 0 Å². The number of hydrogen-bond acceptors (Lipinski definition) is 3. The second kappa shape index (κ2) is 6.68. The Morgan fingerprint density at radius 3 is 2.64 bits per heavy atom. The van der Waals surface area contributed by atoms with E-state index in [1.54, 1.807) is 31.3 Å². The van der Waals surface area contributed by atoms with Crippen molar-refractivity contribution in [2.24, 2.45) is 0 Å². The molecule has 3 N–H and O–H groups in total. The molecule has 0 aliphatic heterocycles. The van der Waals surface area contributed by atoms with Crippen LogP contribution in [0.5, 0.6) is 0 Å². The summed E-state index contributed by atoms with van der Waals surface area (Å²) in [5, 5.41) is 22.7.